The van der Waals surface area contributed by atoms with Crippen LogP contribution >= 0.6 is 15.9 Å². The van der Waals surface area contributed by atoms with Gasteiger partial charge in [0.2, 0.25) is 5.91 Å². The molecule has 0 aliphatic carbocycles. The summed E-state index contributed by atoms with van der Waals surface area (Å²) in [6, 6.07) is 3.80. The highest BCUT2D eigenvalue weighted by Crippen LogP contribution is 2.24. The van der Waals surface area contributed by atoms with Crippen LogP contribution in [0.15, 0.2) is 22.7 Å². The van der Waals surface area contributed by atoms with Gasteiger partial charge in [0.1, 0.15) is 6.04 Å². The average Bonchev–Trinajstić information content (AvgIpc) is 2.69. The molecule has 1 fully saturated rings. The van der Waals surface area contributed by atoms with Gasteiger partial charge in [-0.2, -0.15) is 0 Å². The topological polar surface area (TPSA) is 69.6 Å². The second kappa shape index (κ2) is 6.89. The standard InChI is InChI=1S/C14H16BrFN2O3/c15-9-5-4-6-10(12(9)16)17-13(19)11-7-2-1-3-8-18(11)14(20)21/h4-6,11H,1-3,7-8H2,(H,17,19)(H,20,21)/t11-/m0/s1. The Kier molecular flexibility index (Phi) is 5.17. The van der Waals surface area contributed by atoms with Crippen molar-refractivity contribution in [2.24, 2.45) is 0 Å². The molecule has 1 aromatic carbocycles. The molecule has 0 spiro atoms. The van der Waals surface area contributed by atoms with Gasteiger partial charge in [0, 0.05) is 6.54 Å². The number of rotatable bonds is 2. The van der Waals surface area contributed by atoms with E-state index in [4.69, 9.17) is 0 Å². The zero-order valence-electron chi connectivity index (χ0n) is 11.3. The number of carbonyl (C=O) groups excluding carboxylic acids is 1. The van der Waals surface area contributed by atoms with Crippen LogP contribution in [0.1, 0.15) is 25.7 Å². The van der Waals surface area contributed by atoms with Crippen LogP contribution in [-0.4, -0.2) is 34.6 Å². The highest BCUT2D eigenvalue weighted by Gasteiger charge is 2.31. The molecule has 1 saturated heterocycles. The highest BCUT2D eigenvalue weighted by molar-refractivity contribution is 9.10. The Bertz CT molecular complexity index is 553. The van der Waals surface area contributed by atoms with E-state index in [1.54, 1.807) is 6.07 Å². The number of likely N-dealkylation sites (tertiary alicyclic amines) is 1. The molecule has 2 rings (SSSR count). The first-order valence-electron chi connectivity index (χ1n) is 6.75. The fraction of sp³-hybridized carbons (Fsp3) is 0.429. The number of carbonyl (C=O) groups is 2. The van der Waals surface area contributed by atoms with Crippen LogP contribution in [0.4, 0.5) is 14.9 Å². The lowest BCUT2D eigenvalue weighted by Gasteiger charge is -2.26. The summed E-state index contributed by atoms with van der Waals surface area (Å²) in [6.45, 7) is 0.328. The lowest BCUT2D eigenvalue weighted by molar-refractivity contribution is -0.120. The summed E-state index contributed by atoms with van der Waals surface area (Å²) in [5.41, 5.74) is 0.0453. The van der Waals surface area contributed by atoms with E-state index >= 15 is 0 Å². The molecule has 7 heteroatoms. The van der Waals surface area contributed by atoms with Gasteiger partial charge < -0.3 is 10.4 Å². The molecule has 2 amide bonds. The van der Waals surface area contributed by atoms with Gasteiger partial charge in [0.05, 0.1) is 10.2 Å². The Morgan fingerprint density at radius 2 is 2.10 bits per heavy atom. The summed E-state index contributed by atoms with van der Waals surface area (Å²) >= 11 is 3.05. The fourth-order valence-electron chi connectivity index (χ4n) is 2.43. The van der Waals surface area contributed by atoms with E-state index in [2.05, 4.69) is 21.2 Å². The summed E-state index contributed by atoms with van der Waals surface area (Å²) in [4.78, 5) is 24.7. The van der Waals surface area contributed by atoms with Gasteiger partial charge in [-0.1, -0.05) is 18.9 Å². The second-order valence-corrected chi connectivity index (χ2v) is 5.79. The van der Waals surface area contributed by atoms with Crippen molar-refractivity contribution in [3.63, 3.8) is 0 Å². The van der Waals surface area contributed by atoms with E-state index in [-0.39, 0.29) is 10.2 Å². The molecule has 0 radical (unpaired) electrons. The van der Waals surface area contributed by atoms with Gasteiger partial charge in [-0.25, -0.2) is 9.18 Å². The molecule has 1 atom stereocenters. The van der Waals surface area contributed by atoms with Crippen LogP contribution in [0.25, 0.3) is 0 Å². The highest BCUT2D eigenvalue weighted by atomic mass is 79.9. The van der Waals surface area contributed by atoms with E-state index in [1.165, 1.54) is 12.1 Å². The molecule has 0 saturated carbocycles. The van der Waals surface area contributed by atoms with Crippen molar-refractivity contribution >= 4 is 33.6 Å². The Hall–Kier alpha value is -1.63. The monoisotopic (exact) mass is 358 g/mol. The van der Waals surface area contributed by atoms with E-state index in [0.29, 0.717) is 13.0 Å². The molecule has 1 aromatic rings. The number of benzene rings is 1. The van der Waals surface area contributed by atoms with Crippen LogP contribution in [-0.2, 0) is 4.79 Å². The maximum Gasteiger partial charge on any atom is 0.407 e. The van der Waals surface area contributed by atoms with Crippen LogP contribution in [0.2, 0.25) is 0 Å². The van der Waals surface area contributed by atoms with E-state index in [1.807, 2.05) is 0 Å². The molecule has 2 N–H and O–H groups in total. The summed E-state index contributed by atoms with van der Waals surface area (Å²) in [6.07, 6.45) is 1.74. The number of anilines is 1. The van der Waals surface area contributed by atoms with Gasteiger partial charge in [-0.3, -0.25) is 9.69 Å². The zero-order chi connectivity index (χ0) is 15.4. The maximum absolute atomic E-state index is 13.9. The summed E-state index contributed by atoms with van der Waals surface area (Å²) < 4.78 is 14.1. The molecule has 0 aromatic heterocycles. The van der Waals surface area contributed by atoms with Crippen LogP contribution < -0.4 is 5.32 Å². The smallest absolute Gasteiger partial charge is 0.407 e. The number of hydrogen-bond acceptors (Lipinski definition) is 2. The number of hydrogen-bond donors (Lipinski definition) is 2. The van der Waals surface area contributed by atoms with Gasteiger partial charge >= 0.3 is 6.09 Å². The third-order valence-corrected chi connectivity index (χ3v) is 4.12. The molecule has 1 aliphatic heterocycles. The molecule has 114 valence electrons. The Morgan fingerprint density at radius 1 is 1.33 bits per heavy atom. The Labute approximate surface area is 130 Å². The lowest BCUT2D eigenvalue weighted by atomic mass is 10.1. The molecule has 0 unspecified atom stereocenters. The minimum Gasteiger partial charge on any atom is -0.465 e. The fourth-order valence-corrected chi connectivity index (χ4v) is 2.79. The Morgan fingerprint density at radius 3 is 2.81 bits per heavy atom. The Balaban J connectivity index is 2.17. The minimum atomic E-state index is -1.12. The number of halogens is 2. The predicted octanol–water partition coefficient (Wildman–Crippen LogP) is 3.45. The minimum absolute atomic E-state index is 0.0453. The summed E-state index contributed by atoms with van der Waals surface area (Å²) in [5, 5.41) is 11.7. The number of carboxylic acid groups (broad SMARTS) is 1. The van der Waals surface area contributed by atoms with Gasteiger partial charge in [0.25, 0.3) is 0 Å². The van der Waals surface area contributed by atoms with Gasteiger partial charge in [-0.15, -0.1) is 0 Å². The van der Waals surface area contributed by atoms with Crippen molar-refractivity contribution in [2.75, 3.05) is 11.9 Å². The van der Waals surface area contributed by atoms with E-state index < -0.39 is 23.9 Å². The van der Waals surface area contributed by atoms with E-state index in [0.717, 1.165) is 24.2 Å². The van der Waals surface area contributed by atoms with Gasteiger partial charge in [0.15, 0.2) is 5.82 Å². The van der Waals surface area contributed by atoms with E-state index in [9.17, 15) is 19.1 Å². The zero-order valence-corrected chi connectivity index (χ0v) is 12.9. The number of nitrogens with zero attached hydrogens (tertiary/aromatic N) is 1. The van der Waals surface area contributed by atoms with Crippen molar-refractivity contribution in [3.05, 3.63) is 28.5 Å². The average molecular weight is 359 g/mol. The van der Waals surface area contributed by atoms with Gasteiger partial charge in [-0.05, 0) is 40.9 Å². The van der Waals surface area contributed by atoms with Crippen molar-refractivity contribution < 1.29 is 19.1 Å². The normalized spacial score (nSPS) is 19.0. The van der Waals surface area contributed by atoms with Crippen molar-refractivity contribution in [2.45, 2.75) is 31.7 Å². The molecule has 1 aliphatic rings. The first-order valence-corrected chi connectivity index (χ1v) is 7.54. The SMILES string of the molecule is O=C(Nc1cccc(Br)c1F)[C@@H]1CCCCCN1C(=O)O. The number of nitrogens with one attached hydrogen (secondary N) is 1. The lowest BCUT2D eigenvalue weighted by Crippen LogP contribution is -2.46. The molecule has 1 heterocycles. The molecular formula is C14H16BrFN2O3. The van der Waals surface area contributed by atoms with Crippen LogP contribution in [0.3, 0.4) is 0 Å². The van der Waals surface area contributed by atoms with Crippen LogP contribution in [0.5, 0.6) is 0 Å². The second-order valence-electron chi connectivity index (χ2n) is 4.93. The first-order chi connectivity index (χ1) is 10.0. The van der Waals surface area contributed by atoms with Crippen molar-refractivity contribution in [1.82, 2.24) is 4.90 Å². The molecular weight excluding hydrogens is 343 g/mol. The van der Waals surface area contributed by atoms with Crippen molar-refractivity contribution in [1.29, 1.82) is 0 Å². The third-order valence-electron chi connectivity index (χ3n) is 3.51. The van der Waals surface area contributed by atoms with Crippen molar-refractivity contribution in [3.8, 4) is 0 Å². The van der Waals surface area contributed by atoms with Crippen LogP contribution in [0, 0.1) is 5.82 Å². The summed E-state index contributed by atoms with van der Waals surface area (Å²) in [5.74, 6) is -1.06. The molecule has 21 heavy (non-hydrogen) atoms. The largest absolute Gasteiger partial charge is 0.465 e. The first kappa shape index (κ1) is 15.8. The molecule has 0 bridgehead atoms. The predicted molar refractivity (Wildman–Crippen MR) is 79.7 cm³/mol. The molecule has 5 nitrogen and oxygen atoms in total. The third kappa shape index (κ3) is 3.72. The maximum atomic E-state index is 13.9. The number of amides is 2. The quantitative estimate of drug-likeness (QED) is 0.850. The summed E-state index contributed by atoms with van der Waals surface area (Å²) in [7, 11) is 0.